The number of benzene rings is 2. The van der Waals surface area contributed by atoms with Gasteiger partial charge < -0.3 is 15.0 Å². The van der Waals surface area contributed by atoms with Crippen molar-refractivity contribution in [3.63, 3.8) is 0 Å². The maximum absolute atomic E-state index is 12.6. The van der Waals surface area contributed by atoms with E-state index in [1.165, 1.54) is 11.3 Å². The van der Waals surface area contributed by atoms with Crippen molar-refractivity contribution in [2.24, 2.45) is 0 Å². The van der Waals surface area contributed by atoms with Crippen LogP contribution in [0.5, 0.6) is 0 Å². The Morgan fingerprint density at radius 2 is 1.91 bits per heavy atom. The lowest BCUT2D eigenvalue weighted by Crippen LogP contribution is -2.24. The molecule has 2 amide bonds. The minimum Gasteiger partial charge on any atom is -0.450 e. The molecule has 3 rings (SSSR count). The monoisotopic (exact) mass is 469 g/mol. The molecule has 1 aromatic heterocycles. The molecular formula is C24H27N3O3S2. The van der Waals surface area contributed by atoms with Crippen molar-refractivity contribution >= 4 is 35.1 Å². The number of alkyl carbamates (subject to hydrolysis) is 1. The fourth-order valence-corrected chi connectivity index (χ4v) is 4.92. The summed E-state index contributed by atoms with van der Waals surface area (Å²) in [6, 6.07) is 15.9. The van der Waals surface area contributed by atoms with Crippen molar-refractivity contribution in [1.29, 1.82) is 0 Å². The number of nitrogens with zero attached hydrogens (tertiary/aromatic N) is 2. The highest BCUT2D eigenvalue weighted by Gasteiger charge is 2.14. The summed E-state index contributed by atoms with van der Waals surface area (Å²) in [6.45, 7) is 2.79. The van der Waals surface area contributed by atoms with Gasteiger partial charge in [-0.15, -0.1) is 11.3 Å². The SMILES string of the molecule is CCCCOC(=O)NCc1ncc(Sc2cc(C(=O)N(C)C)cc(-c3ccccc3)c2)s1. The van der Waals surface area contributed by atoms with Crippen LogP contribution < -0.4 is 5.32 Å². The van der Waals surface area contributed by atoms with Crippen molar-refractivity contribution in [2.75, 3.05) is 20.7 Å². The lowest BCUT2D eigenvalue weighted by Gasteiger charge is -2.13. The van der Waals surface area contributed by atoms with Gasteiger partial charge in [0.15, 0.2) is 0 Å². The summed E-state index contributed by atoms with van der Waals surface area (Å²) in [7, 11) is 3.50. The Balaban J connectivity index is 1.73. The maximum atomic E-state index is 12.6. The van der Waals surface area contributed by atoms with Gasteiger partial charge in [-0.1, -0.05) is 55.4 Å². The first-order valence-electron chi connectivity index (χ1n) is 10.4. The summed E-state index contributed by atoms with van der Waals surface area (Å²) >= 11 is 3.06. The lowest BCUT2D eigenvalue weighted by atomic mass is 10.0. The van der Waals surface area contributed by atoms with Crippen LogP contribution in [-0.2, 0) is 11.3 Å². The molecule has 0 fully saturated rings. The van der Waals surface area contributed by atoms with Gasteiger partial charge in [0.1, 0.15) is 5.01 Å². The number of rotatable bonds is 9. The third kappa shape index (κ3) is 6.83. The highest BCUT2D eigenvalue weighted by molar-refractivity contribution is 8.01. The Labute approximate surface area is 197 Å². The van der Waals surface area contributed by atoms with Crippen molar-refractivity contribution in [2.45, 2.75) is 35.4 Å². The quantitative estimate of drug-likeness (QED) is 0.408. The number of nitrogens with one attached hydrogen (secondary N) is 1. The molecule has 0 atom stereocenters. The summed E-state index contributed by atoms with van der Waals surface area (Å²) < 4.78 is 6.08. The number of carbonyl (C=O) groups is 2. The second-order valence-corrected chi connectivity index (χ2v) is 9.82. The number of hydrogen-bond donors (Lipinski definition) is 1. The lowest BCUT2D eigenvalue weighted by molar-refractivity contribution is 0.0827. The van der Waals surface area contributed by atoms with Gasteiger partial charge in [-0.05, 0) is 35.7 Å². The van der Waals surface area contributed by atoms with E-state index in [4.69, 9.17) is 4.74 Å². The Bertz CT molecular complexity index is 1050. The van der Waals surface area contributed by atoms with Gasteiger partial charge in [-0.25, -0.2) is 9.78 Å². The van der Waals surface area contributed by atoms with Crippen LogP contribution in [0.4, 0.5) is 4.79 Å². The predicted molar refractivity (Wildman–Crippen MR) is 129 cm³/mol. The van der Waals surface area contributed by atoms with Gasteiger partial charge in [0, 0.05) is 24.6 Å². The molecule has 168 valence electrons. The zero-order valence-corrected chi connectivity index (χ0v) is 20.1. The first kappa shape index (κ1) is 23.8. The standard InChI is InChI=1S/C24H27N3O3S2/c1-4-5-11-30-24(29)26-15-21-25-16-22(32-21)31-20-13-18(17-9-7-6-8-10-17)12-19(14-20)23(28)27(2)3/h6-10,12-14,16H,4-5,11,15H2,1-3H3,(H,26,29). The first-order valence-corrected chi connectivity index (χ1v) is 12.0. The zero-order chi connectivity index (χ0) is 22.9. The first-order chi connectivity index (χ1) is 15.5. The molecule has 0 radical (unpaired) electrons. The normalized spacial score (nSPS) is 10.6. The second kappa shape index (κ2) is 11.7. The average Bonchev–Trinajstić information content (AvgIpc) is 3.25. The summed E-state index contributed by atoms with van der Waals surface area (Å²) in [5.41, 5.74) is 2.68. The second-order valence-electron chi connectivity index (χ2n) is 7.33. The molecule has 0 aliphatic rings. The molecule has 6 nitrogen and oxygen atoms in total. The Morgan fingerprint density at radius 3 is 2.62 bits per heavy atom. The summed E-state index contributed by atoms with van der Waals surface area (Å²) in [4.78, 5) is 31.3. The summed E-state index contributed by atoms with van der Waals surface area (Å²) in [6.07, 6.45) is 3.20. The molecule has 0 aliphatic heterocycles. The number of aromatic nitrogens is 1. The van der Waals surface area contributed by atoms with Crippen LogP contribution in [0.3, 0.4) is 0 Å². The van der Waals surface area contributed by atoms with Crippen molar-refractivity contribution in [1.82, 2.24) is 15.2 Å². The van der Waals surface area contributed by atoms with Gasteiger partial charge in [-0.2, -0.15) is 0 Å². The van der Waals surface area contributed by atoms with E-state index < -0.39 is 6.09 Å². The molecule has 0 aliphatic carbocycles. The summed E-state index contributed by atoms with van der Waals surface area (Å²) in [5, 5.41) is 3.52. The van der Waals surface area contributed by atoms with Crippen molar-refractivity contribution in [3.8, 4) is 11.1 Å². The van der Waals surface area contributed by atoms with Gasteiger partial charge in [0.25, 0.3) is 5.91 Å². The van der Waals surface area contributed by atoms with Crippen LogP contribution in [-0.4, -0.2) is 42.6 Å². The molecule has 1 heterocycles. The van der Waals surface area contributed by atoms with E-state index in [1.54, 1.807) is 37.0 Å². The highest BCUT2D eigenvalue weighted by Crippen LogP contribution is 2.35. The number of hydrogen-bond acceptors (Lipinski definition) is 6. The van der Waals surface area contributed by atoms with E-state index in [0.717, 1.165) is 38.1 Å². The Morgan fingerprint density at radius 1 is 1.12 bits per heavy atom. The van der Waals surface area contributed by atoms with Crippen LogP contribution in [0.15, 0.2) is 63.8 Å². The number of thiazole rings is 1. The molecule has 2 aromatic carbocycles. The average molecular weight is 470 g/mol. The third-order valence-electron chi connectivity index (χ3n) is 4.53. The van der Waals surface area contributed by atoms with Gasteiger partial charge in [-0.3, -0.25) is 4.79 Å². The van der Waals surface area contributed by atoms with E-state index in [2.05, 4.69) is 16.4 Å². The Kier molecular flexibility index (Phi) is 8.70. The maximum Gasteiger partial charge on any atom is 0.407 e. The molecule has 1 N–H and O–H groups in total. The van der Waals surface area contributed by atoms with Crippen molar-refractivity contribution in [3.05, 3.63) is 65.3 Å². The van der Waals surface area contributed by atoms with Crippen LogP contribution in [0, 0.1) is 0 Å². The topological polar surface area (TPSA) is 71.5 Å². The zero-order valence-electron chi connectivity index (χ0n) is 18.5. The molecule has 0 unspecified atom stereocenters. The molecule has 32 heavy (non-hydrogen) atoms. The molecule has 0 bridgehead atoms. The van der Waals surface area contributed by atoms with E-state index in [0.29, 0.717) is 18.7 Å². The number of ether oxygens (including phenoxy) is 1. The number of amides is 2. The van der Waals surface area contributed by atoms with E-state index >= 15 is 0 Å². The van der Waals surface area contributed by atoms with Crippen LogP contribution in [0.1, 0.15) is 35.1 Å². The number of carbonyl (C=O) groups excluding carboxylic acids is 2. The van der Waals surface area contributed by atoms with Gasteiger partial charge in [0.2, 0.25) is 0 Å². The third-order valence-corrected chi connectivity index (χ3v) is 6.60. The molecule has 0 saturated carbocycles. The molecule has 0 spiro atoms. The van der Waals surface area contributed by atoms with Crippen LogP contribution in [0.2, 0.25) is 0 Å². The van der Waals surface area contributed by atoms with Crippen LogP contribution >= 0.6 is 23.1 Å². The minimum atomic E-state index is -0.426. The largest absolute Gasteiger partial charge is 0.450 e. The van der Waals surface area contributed by atoms with E-state index in [-0.39, 0.29) is 5.91 Å². The van der Waals surface area contributed by atoms with Gasteiger partial charge >= 0.3 is 6.09 Å². The number of unbranched alkanes of at least 4 members (excludes halogenated alkanes) is 1. The minimum absolute atomic E-state index is 0.0413. The van der Waals surface area contributed by atoms with E-state index in [9.17, 15) is 9.59 Å². The van der Waals surface area contributed by atoms with Crippen molar-refractivity contribution < 1.29 is 14.3 Å². The molecular weight excluding hydrogens is 442 g/mol. The Hall–Kier alpha value is -2.84. The predicted octanol–water partition coefficient (Wildman–Crippen LogP) is 5.69. The fraction of sp³-hybridized carbons (Fsp3) is 0.292. The van der Waals surface area contributed by atoms with Gasteiger partial charge in [0.05, 0.1) is 23.6 Å². The smallest absolute Gasteiger partial charge is 0.407 e. The highest BCUT2D eigenvalue weighted by atomic mass is 32.2. The fourth-order valence-electron chi connectivity index (χ4n) is 2.88. The van der Waals surface area contributed by atoms with Crippen LogP contribution in [0.25, 0.3) is 11.1 Å². The molecule has 3 aromatic rings. The molecule has 8 heteroatoms. The summed E-state index contributed by atoms with van der Waals surface area (Å²) in [5.74, 6) is -0.0413. The molecule has 0 saturated heterocycles. The van der Waals surface area contributed by atoms with E-state index in [1.807, 2.05) is 49.4 Å².